The molecule has 1 aromatic rings. The number of alkyl halides is 12. The molecule has 0 fully saturated rings. The predicted octanol–water partition coefficient (Wildman–Crippen LogP) is 5.86. The van der Waals surface area contributed by atoms with E-state index in [0.717, 1.165) is 0 Å². The molecule has 0 heterocycles. The summed E-state index contributed by atoms with van der Waals surface area (Å²) in [7, 11) is 0. The van der Waals surface area contributed by atoms with Gasteiger partial charge in [-0.1, -0.05) is 0 Å². The van der Waals surface area contributed by atoms with Crippen LogP contribution in [0.3, 0.4) is 0 Å². The normalized spacial score (nSPS) is 15.3. The molecule has 0 unspecified atom stereocenters. The molecule has 0 amide bonds. The highest BCUT2D eigenvalue weighted by molar-refractivity contribution is 6.07. The first kappa shape index (κ1) is 23.5. The number of aliphatic hydroxyl groups is 1. The van der Waals surface area contributed by atoms with Gasteiger partial charge in [0.2, 0.25) is 5.71 Å². The maximum absolute atomic E-state index is 13.0. The van der Waals surface area contributed by atoms with Gasteiger partial charge in [-0.2, -0.15) is 52.7 Å². The van der Waals surface area contributed by atoms with Crippen LogP contribution >= 0.6 is 0 Å². The Morgan fingerprint density at radius 2 is 1.33 bits per heavy atom. The van der Waals surface area contributed by atoms with Crippen LogP contribution in [0.1, 0.15) is 16.7 Å². The second-order valence-corrected chi connectivity index (χ2v) is 5.81. The zero-order valence-electron chi connectivity index (χ0n) is 13.7. The van der Waals surface area contributed by atoms with Crippen molar-refractivity contribution in [1.29, 1.82) is 0 Å². The molecule has 30 heavy (non-hydrogen) atoms. The van der Waals surface area contributed by atoms with Crippen LogP contribution in [0.25, 0.3) is 5.76 Å². The Morgan fingerprint density at radius 3 is 1.73 bits per heavy atom. The van der Waals surface area contributed by atoms with Crippen LogP contribution < -0.4 is 0 Å². The molecule has 1 aromatic carbocycles. The van der Waals surface area contributed by atoms with Crippen LogP contribution in [0.4, 0.5) is 58.4 Å². The minimum atomic E-state index is -6.18. The number of carbonyl (C=O) groups is 1. The maximum Gasteiger partial charge on any atom is 0.454 e. The van der Waals surface area contributed by atoms with Gasteiger partial charge in [0.25, 0.3) is 5.78 Å². The van der Waals surface area contributed by atoms with Crippen molar-refractivity contribution in [1.82, 2.24) is 0 Å². The molecule has 0 bridgehead atoms. The van der Waals surface area contributed by atoms with Crippen molar-refractivity contribution < 1.29 is 62.6 Å². The fraction of sp³-hybridized carbons (Fsp3) is 0.333. The predicted molar refractivity (Wildman–Crippen MR) is 75.0 cm³/mol. The number of allylic oxidation sites excluding steroid dienone is 1. The van der Waals surface area contributed by atoms with E-state index in [9.17, 15) is 62.6 Å². The second-order valence-electron chi connectivity index (χ2n) is 5.81. The largest absolute Gasteiger partial charge is 0.507 e. The summed E-state index contributed by atoms with van der Waals surface area (Å²) in [5, 5.41) is 9.74. The van der Waals surface area contributed by atoms with Crippen molar-refractivity contribution in [2.24, 2.45) is 4.99 Å². The van der Waals surface area contributed by atoms with E-state index in [2.05, 4.69) is 4.99 Å². The summed E-state index contributed by atoms with van der Waals surface area (Å²) in [6.07, 6.45) is -24.8. The Morgan fingerprint density at radius 1 is 0.833 bits per heavy atom. The molecule has 3 nitrogen and oxygen atoms in total. The molecule has 166 valence electrons. The minimum Gasteiger partial charge on any atom is -0.507 e. The number of hydrogen-bond acceptors (Lipinski definition) is 3. The van der Waals surface area contributed by atoms with E-state index < -0.39 is 76.3 Å². The van der Waals surface area contributed by atoms with Crippen LogP contribution in [-0.4, -0.2) is 35.1 Å². The lowest BCUT2D eigenvalue weighted by molar-refractivity contribution is -0.166. The molecule has 0 saturated carbocycles. The Balaban J connectivity index is 2.81. The Bertz CT molecular complexity index is 929. The molecule has 15 heteroatoms. The average Bonchev–Trinajstić information content (AvgIpc) is 2.84. The smallest absolute Gasteiger partial charge is 0.454 e. The van der Waals surface area contributed by atoms with Gasteiger partial charge in [0, 0.05) is 12.0 Å². The van der Waals surface area contributed by atoms with Gasteiger partial charge in [-0.3, -0.25) is 4.79 Å². The maximum atomic E-state index is 13.0. The second kappa shape index (κ2) is 6.91. The fourth-order valence-corrected chi connectivity index (χ4v) is 2.51. The number of carbonyl (C=O) groups excluding carboxylic acids is 1. The molecule has 1 N–H and O–H groups in total. The third-order valence-corrected chi connectivity index (χ3v) is 3.75. The van der Waals surface area contributed by atoms with E-state index in [4.69, 9.17) is 0 Å². The standard InChI is InChI=1S/C15H5F12NO2/c16-12(17,18)4-1-6-5(3-7(9(6)29)10(30)13(19,20)21)8(2-4)28-11(14(22,23)24)15(25,26)27/h1-2,29H,3H2. The van der Waals surface area contributed by atoms with Crippen LogP contribution in [0, 0.1) is 0 Å². The highest BCUT2D eigenvalue weighted by Crippen LogP contribution is 2.44. The molecule has 0 spiro atoms. The summed E-state index contributed by atoms with van der Waals surface area (Å²) in [5.41, 5.74) is -10.8. The van der Waals surface area contributed by atoms with Crippen molar-refractivity contribution in [3.8, 4) is 0 Å². The molecule has 1 aliphatic rings. The van der Waals surface area contributed by atoms with Crippen LogP contribution in [0.5, 0.6) is 0 Å². The van der Waals surface area contributed by atoms with E-state index >= 15 is 0 Å². The molecule has 0 atom stereocenters. The van der Waals surface area contributed by atoms with Gasteiger partial charge in [-0.15, -0.1) is 0 Å². The lowest BCUT2D eigenvalue weighted by Gasteiger charge is -2.16. The number of Topliss-reactive ketones (excluding diaryl/α,β-unsaturated/α-hetero) is 1. The molecular formula is C15H5F12NO2. The van der Waals surface area contributed by atoms with Crippen LogP contribution in [0.2, 0.25) is 0 Å². The molecule has 0 saturated heterocycles. The van der Waals surface area contributed by atoms with Crippen molar-refractivity contribution in [3.05, 3.63) is 34.4 Å². The van der Waals surface area contributed by atoms with Gasteiger partial charge in [-0.25, -0.2) is 4.99 Å². The van der Waals surface area contributed by atoms with E-state index in [1.165, 1.54) is 0 Å². The van der Waals surface area contributed by atoms with Crippen LogP contribution in [-0.2, 0) is 17.4 Å². The van der Waals surface area contributed by atoms with E-state index in [1.807, 2.05) is 0 Å². The Labute approximate surface area is 157 Å². The van der Waals surface area contributed by atoms with Gasteiger partial charge < -0.3 is 5.11 Å². The topological polar surface area (TPSA) is 49.7 Å². The number of aliphatic hydroxyl groups excluding tert-OH is 1. The highest BCUT2D eigenvalue weighted by atomic mass is 19.4. The number of aliphatic imine (C=N–C) groups is 1. The van der Waals surface area contributed by atoms with E-state index in [0.29, 0.717) is 0 Å². The van der Waals surface area contributed by atoms with E-state index in [1.54, 1.807) is 0 Å². The number of nitrogens with zero attached hydrogens (tertiary/aromatic N) is 1. The summed E-state index contributed by atoms with van der Waals surface area (Å²) in [4.78, 5) is 13.5. The van der Waals surface area contributed by atoms with Crippen molar-refractivity contribution in [3.63, 3.8) is 0 Å². The first-order valence-corrected chi connectivity index (χ1v) is 7.25. The monoisotopic (exact) mass is 459 g/mol. The molecule has 0 aromatic heterocycles. The summed E-state index contributed by atoms with van der Waals surface area (Å²) >= 11 is 0. The van der Waals surface area contributed by atoms with Crippen molar-refractivity contribution in [2.75, 3.05) is 0 Å². The first-order chi connectivity index (χ1) is 13.2. The SMILES string of the molecule is O=C(C1=C(O)c2cc(C(F)(F)F)cc(N=C(C(F)(F)F)C(F)(F)F)c2C1)C(F)(F)F. The third kappa shape index (κ3) is 4.53. The average molecular weight is 459 g/mol. The van der Waals surface area contributed by atoms with Gasteiger partial charge in [0.1, 0.15) is 5.76 Å². The number of fused-ring (bicyclic) bond motifs is 1. The number of ketones is 1. The molecule has 1 aliphatic carbocycles. The van der Waals surface area contributed by atoms with Gasteiger partial charge >= 0.3 is 24.7 Å². The van der Waals surface area contributed by atoms with E-state index in [-0.39, 0.29) is 12.1 Å². The summed E-state index contributed by atoms with van der Waals surface area (Å²) in [6, 6.07) is -0.272. The highest BCUT2D eigenvalue weighted by Gasteiger charge is 2.53. The number of hydrogen-bond donors (Lipinski definition) is 1. The summed E-state index contributed by atoms with van der Waals surface area (Å²) in [6.45, 7) is 0. The lowest BCUT2D eigenvalue weighted by Crippen LogP contribution is -2.36. The molecule has 0 aliphatic heterocycles. The number of benzene rings is 1. The summed E-state index contributed by atoms with van der Waals surface area (Å²) in [5.74, 6) is -4.39. The minimum absolute atomic E-state index is 0.0127. The van der Waals surface area contributed by atoms with Crippen molar-refractivity contribution >= 4 is 22.9 Å². The third-order valence-electron chi connectivity index (χ3n) is 3.75. The zero-order valence-corrected chi connectivity index (χ0v) is 13.7. The summed E-state index contributed by atoms with van der Waals surface area (Å²) < 4.78 is 153. The quantitative estimate of drug-likeness (QED) is 0.445. The molecule has 0 radical (unpaired) electrons. The van der Waals surface area contributed by atoms with Gasteiger partial charge in [0.15, 0.2) is 0 Å². The van der Waals surface area contributed by atoms with Crippen LogP contribution in [0.15, 0.2) is 22.7 Å². The fourth-order valence-electron chi connectivity index (χ4n) is 2.51. The Kier molecular flexibility index (Phi) is 5.42. The van der Waals surface area contributed by atoms with Crippen molar-refractivity contribution in [2.45, 2.75) is 31.1 Å². The Hall–Kier alpha value is -2.74. The molecule has 2 rings (SSSR count). The lowest BCUT2D eigenvalue weighted by atomic mass is 10.0. The number of rotatable bonds is 2. The molecular weight excluding hydrogens is 454 g/mol. The van der Waals surface area contributed by atoms with Gasteiger partial charge in [0.05, 0.1) is 16.8 Å². The zero-order chi connectivity index (χ0) is 23.4. The van der Waals surface area contributed by atoms with Gasteiger partial charge in [-0.05, 0) is 17.7 Å². The number of halogens is 12. The first-order valence-electron chi connectivity index (χ1n) is 7.25.